The van der Waals surface area contributed by atoms with Crippen LogP contribution in [0.25, 0.3) is 0 Å². The van der Waals surface area contributed by atoms with Crippen molar-refractivity contribution in [1.29, 1.82) is 0 Å². The fourth-order valence-corrected chi connectivity index (χ4v) is 3.26. The number of nitro benzene ring substituents is 1. The molecular weight excluding hydrogens is 282 g/mol. The van der Waals surface area contributed by atoms with Gasteiger partial charge in [0, 0.05) is 49.6 Å². The number of non-ortho nitro benzene ring substituents is 1. The second-order valence-corrected chi connectivity index (χ2v) is 6.04. The van der Waals surface area contributed by atoms with Gasteiger partial charge in [-0.25, -0.2) is 0 Å². The highest BCUT2D eigenvalue weighted by molar-refractivity contribution is 5.96. The summed E-state index contributed by atoms with van der Waals surface area (Å²) in [6.07, 6.45) is 5.37. The maximum atomic E-state index is 12.6. The Labute approximate surface area is 129 Å². The number of benzene rings is 1. The van der Waals surface area contributed by atoms with E-state index in [0.29, 0.717) is 5.56 Å². The Balaban J connectivity index is 1.91. The Bertz CT molecular complexity index is 576. The summed E-state index contributed by atoms with van der Waals surface area (Å²) in [6, 6.07) is 4.81. The van der Waals surface area contributed by atoms with Gasteiger partial charge in [0.15, 0.2) is 0 Å². The van der Waals surface area contributed by atoms with E-state index in [-0.39, 0.29) is 11.6 Å². The fraction of sp³-hybridized carbons (Fsp3) is 0.562. The van der Waals surface area contributed by atoms with Crippen molar-refractivity contribution < 1.29 is 9.72 Å². The van der Waals surface area contributed by atoms with Crippen LogP contribution in [0, 0.1) is 10.1 Å². The molecule has 2 aliphatic heterocycles. The summed E-state index contributed by atoms with van der Waals surface area (Å²) in [5.41, 5.74) is 1.25. The van der Waals surface area contributed by atoms with Gasteiger partial charge in [-0.2, -0.15) is 0 Å². The normalized spacial score (nSPS) is 18.5. The first-order valence-corrected chi connectivity index (χ1v) is 7.99. The van der Waals surface area contributed by atoms with Crippen molar-refractivity contribution in [2.24, 2.45) is 0 Å². The lowest BCUT2D eigenvalue weighted by Gasteiger charge is -2.27. The minimum Gasteiger partial charge on any atom is -0.371 e. The number of nitro groups is 1. The fourth-order valence-electron chi connectivity index (χ4n) is 3.26. The summed E-state index contributed by atoms with van der Waals surface area (Å²) >= 11 is 0. The van der Waals surface area contributed by atoms with Crippen molar-refractivity contribution in [2.45, 2.75) is 32.1 Å². The molecular formula is C16H21N3O3. The van der Waals surface area contributed by atoms with Crippen molar-refractivity contribution in [2.75, 3.05) is 31.1 Å². The number of nitrogens with zero attached hydrogens (tertiary/aromatic N) is 3. The van der Waals surface area contributed by atoms with Crippen LogP contribution in [0.1, 0.15) is 42.5 Å². The molecule has 0 aromatic heterocycles. The summed E-state index contributed by atoms with van der Waals surface area (Å²) < 4.78 is 0. The minimum atomic E-state index is -0.410. The monoisotopic (exact) mass is 303 g/mol. The third-order valence-corrected chi connectivity index (χ3v) is 4.47. The van der Waals surface area contributed by atoms with E-state index < -0.39 is 4.92 Å². The molecule has 0 N–H and O–H groups in total. The predicted octanol–water partition coefficient (Wildman–Crippen LogP) is 2.82. The molecule has 6 heteroatoms. The first-order chi connectivity index (χ1) is 10.6. The lowest BCUT2D eigenvalue weighted by Crippen LogP contribution is -2.35. The maximum Gasteiger partial charge on any atom is 0.272 e. The van der Waals surface area contributed by atoms with Crippen molar-refractivity contribution in [3.8, 4) is 0 Å². The number of anilines is 1. The van der Waals surface area contributed by atoms with Gasteiger partial charge in [-0.3, -0.25) is 14.9 Å². The standard InChI is InChI=1S/C16H21N3O3/c20-16(18-8-2-1-3-9-18)13-10-14(17-6-4-5-7-17)12-15(11-13)19(21)22/h10-12H,1-9H2. The number of amides is 1. The van der Waals surface area contributed by atoms with E-state index in [1.54, 1.807) is 6.07 Å². The number of rotatable bonds is 3. The Hall–Kier alpha value is -2.11. The zero-order chi connectivity index (χ0) is 15.5. The Morgan fingerprint density at radius 1 is 0.955 bits per heavy atom. The minimum absolute atomic E-state index is 0.00441. The van der Waals surface area contributed by atoms with Gasteiger partial charge in [0.1, 0.15) is 0 Å². The maximum absolute atomic E-state index is 12.6. The third-order valence-electron chi connectivity index (χ3n) is 4.47. The molecule has 1 amide bonds. The number of carbonyl (C=O) groups excluding carboxylic acids is 1. The molecule has 0 unspecified atom stereocenters. The quantitative estimate of drug-likeness (QED) is 0.636. The van der Waals surface area contributed by atoms with Crippen molar-refractivity contribution in [1.82, 2.24) is 4.90 Å². The Morgan fingerprint density at radius 2 is 1.59 bits per heavy atom. The molecule has 2 saturated heterocycles. The van der Waals surface area contributed by atoms with Gasteiger partial charge in [0.05, 0.1) is 4.92 Å². The molecule has 3 rings (SSSR count). The van der Waals surface area contributed by atoms with E-state index in [9.17, 15) is 14.9 Å². The van der Waals surface area contributed by atoms with Crippen molar-refractivity contribution in [3.63, 3.8) is 0 Å². The van der Waals surface area contributed by atoms with Crippen molar-refractivity contribution >= 4 is 17.3 Å². The molecule has 0 saturated carbocycles. The van der Waals surface area contributed by atoms with Crippen molar-refractivity contribution in [3.05, 3.63) is 33.9 Å². The second-order valence-electron chi connectivity index (χ2n) is 6.04. The van der Waals surface area contributed by atoms with Crippen LogP contribution in [0.2, 0.25) is 0 Å². The van der Waals surface area contributed by atoms with Gasteiger partial charge in [-0.1, -0.05) is 0 Å². The van der Waals surface area contributed by atoms with Gasteiger partial charge in [-0.15, -0.1) is 0 Å². The van der Waals surface area contributed by atoms with Gasteiger partial charge in [-0.05, 0) is 38.2 Å². The summed E-state index contributed by atoms with van der Waals surface area (Å²) in [5, 5.41) is 11.2. The molecule has 22 heavy (non-hydrogen) atoms. The molecule has 1 aromatic carbocycles. The SMILES string of the molecule is O=C(c1cc(N2CCCC2)cc([N+](=O)[O-])c1)N1CCCCC1. The van der Waals surface area contributed by atoms with Crippen LogP contribution in [0.5, 0.6) is 0 Å². The lowest BCUT2D eigenvalue weighted by atomic mass is 10.1. The van der Waals surface area contributed by atoms with Crippen LogP contribution >= 0.6 is 0 Å². The molecule has 0 radical (unpaired) electrons. The number of hydrogen-bond acceptors (Lipinski definition) is 4. The highest BCUT2D eigenvalue weighted by Crippen LogP contribution is 2.28. The van der Waals surface area contributed by atoms with Crippen LogP contribution in [-0.4, -0.2) is 41.9 Å². The van der Waals surface area contributed by atoms with Gasteiger partial charge in [0.2, 0.25) is 0 Å². The average Bonchev–Trinajstić information content (AvgIpc) is 3.09. The highest BCUT2D eigenvalue weighted by Gasteiger charge is 2.23. The summed E-state index contributed by atoms with van der Waals surface area (Å²) in [7, 11) is 0. The van der Waals surface area contributed by atoms with Crippen LogP contribution < -0.4 is 4.90 Å². The van der Waals surface area contributed by atoms with E-state index in [1.165, 1.54) is 6.07 Å². The van der Waals surface area contributed by atoms with Crippen LogP contribution in [0.4, 0.5) is 11.4 Å². The van der Waals surface area contributed by atoms with E-state index in [4.69, 9.17) is 0 Å². The zero-order valence-electron chi connectivity index (χ0n) is 12.7. The summed E-state index contributed by atoms with van der Waals surface area (Å²) in [5.74, 6) is -0.0798. The van der Waals surface area contributed by atoms with Crippen LogP contribution in [0.3, 0.4) is 0 Å². The van der Waals surface area contributed by atoms with Gasteiger partial charge < -0.3 is 9.80 Å². The highest BCUT2D eigenvalue weighted by atomic mass is 16.6. The molecule has 0 spiro atoms. The smallest absolute Gasteiger partial charge is 0.272 e. The zero-order valence-corrected chi connectivity index (χ0v) is 12.7. The second kappa shape index (κ2) is 6.34. The van der Waals surface area contributed by atoms with Crippen LogP contribution in [0.15, 0.2) is 18.2 Å². The number of carbonyl (C=O) groups is 1. The van der Waals surface area contributed by atoms with Gasteiger partial charge >= 0.3 is 0 Å². The van der Waals surface area contributed by atoms with E-state index in [1.807, 2.05) is 11.0 Å². The first kappa shape index (κ1) is 14.8. The lowest BCUT2D eigenvalue weighted by molar-refractivity contribution is -0.384. The van der Waals surface area contributed by atoms with E-state index in [0.717, 1.165) is 64.0 Å². The third kappa shape index (κ3) is 3.05. The van der Waals surface area contributed by atoms with E-state index in [2.05, 4.69) is 4.90 Å². The van der Waals surface area contributed by atoms with Crippen LogP contribution in [-0.2, 0) is 0 Å². The molecule has 0 atom stereocenters. The van der Waals surface area contributed by atoms with Gasteiger partial charge in [0.25, 0.3) is 11.6 Å². The predicted molar refractivity (Wildman–Crippen MR) is 84.3 cm³/mol. The first-order valence-electron chi connectivity index (χ1n) is 7.99. The molecule has 2 aliphatic rings. The molecule has 6 nitrogen and oxygen atoms in total. The molecule has 2 heterocycles. The summed E-state index contributed by atoms with van der Waals surface area (Å²) in [4.78, 5) is 27.3. The number of hydrogen-bond donors (Lipinski definition) is 0. The molecule has 0 bridgehead atoms. The Morgan fingerprint density at radius 3 is 2.23 bits per heavy atom. The number of likely N-dealkylation sites (tertiary alicyclic amines) is 1. The Kier molecular flexibility index (Phi) is 4.27. The summed E-state index contributed by atoms with van der Waals surface area (Å²) in [6.45, 7) is 3.30. The number of piperidine rings is 1. The largest absolute Gasteiger partial charge is 0.371 e. The molecule has 1 aromatic rings. The molecule has 118 valence electrons. The molecule has 2 fully saturated rings. The molecule has 0 aliphatic carbocycles. The van der Waals surface area contributed by atoms with E-state index >= 15 is 0 Å². The average molecular weight is 303 g/mol. The topological polar surface area (TPSA) is 66.7 Å².